The molecule has 0 radical (unpaired) electrons. The molecule has 1 saturated heterocycles. The molecule has 1 amide bonds. The first-order chi connectivity index (χ1) is 12.9. The number of rotatable bonds is 6. The van der Waals surface area contributed by atoms with Gasteiger partial charge in [0.1, 0.15) is 17.9 Å². The molecule has 2 heterocycles. The fourth-order valence-electron chi connectivity index (χ4n) is 3.44. The molecule has 3 N–H and O–H groups in total. The van der Waals surface area contributed by atoms with Gasteiger partial charge in [0, 0.05) is 12.6 Å². The van der Waals surface area contributed by atoms with Crippen molar-refractivity contribution in [1.82, 2.24) is 25.7 Å². The second-order valence-electron chi connectivity index (χ2n) is 7.29. The predicted molar refractivity (Wildman–Crippen MR) is 102 cm³/mol. The minimum atomic E-state index is -0.650. The van der Waals surface area contributed by atoms with E-state index in [0.29, 0.717) is 13.0 Å². The van der Waals surface area contributed by atoms with Crippen molar-refractivity contribution < 1.29 is 14.3 Å². The van der Waals surface area contributed by atoms with Gasteiger partial charge in [-0.15, -0.1) is 0 Å². The van der Waals surface area contributed by atoms with Crippen molar-refractivity contribution in [1.29, 1.82) is 0 Å². The predicted octanol–water partition coefficient (Wildman–Crippen LogP) is 0.894. The highest BCUT2D eigenvalue weighted by molar-refractivity contribution is 5.87. The van der Waals surface area contributed by atoms with Crippen LogP contribution in [0.5, 0.6) is 0 Å². The number of fused-ring (bicyclic) bond motifs is 1. The number of amides is 1. The summed E-state index contributed by atoms with van der Waals surface area (Å²) in [6, 6.07) is 7.03. The van der Waals surface area contributed by atoms with Gasteiger partial charge in [-0.2, -0.15) is 0 Å². The van der Waals surface area contributed by atoms with Crippen LogP contribution in [0.4, 0.5) is 0 Å². The highest BCUT2D eigenvalue weighted by Crippen LogP contribution is 2.18. The van der Waals surface area contributed by atoms with Gasteiger partial charge >= 0.3 is 5.97 Å². The van der Waals surface area contributed by atoms with E-state index in [0.717, 1.165) is 16.9 Å². The van der Waals surface area contributed by atoms with Gasteiger partial charge in [0.05, 0.1) is 18.1 Å². The van der Waals surface area contributed by atoms with E-state index in [1.165, 1.54) is 7.11 Å². The third-order valence-corrected chi connectivity index (χ3v) is 4.97. The zero-order valence-corrected chi connectivity index (χ0v) is 16.2. The summed E-state index contributed by atoms with van der Waals surface area (Å²) >= 11 is 0. The number of esters is 1. The number of nitrogens with one attached hydrogen (secondary N) is 3. The molecule has 1 aromatic heterocycles. The number of benzene rings is 1. The van der Waals surface area contributed by atoms with Crippen molar-refractivity contribution in [2.75, 3.05) is 7.11 Å². The minimum absolute atomic E-state index is 0.0495. The Labute approximate surface area is 158 Å². The summed E-state index contributed by atoms with van der Waals surface area (Å²) in [6.07, 6.45) is 0.615. The molecule has 0 spiro atoms. The van der Waals surface area contributed by atoms with Gasteiger partial charge in [-0.05, 0) is 31.4 Å². The normalized spacial score (nSPS) is 20.8. The van der Waals surface area contributed by atoms with E-state index >= 15 is 0 Å². The van der Waals surface area contributed by atoms with Gasteiger partial charge in [-0.3, -0.25) is 10.2 Å². The molecule has 3 atom stereocenters. The number of aromatic nitrogens is 2. The van der Waals surface area contributed by atoms with Gasteiger partial charge in [-0.25, -0.2) is 15.2 Å². The van der Waals surface area contributed by atoms with Crippen molar-refractivity contribution in [2.45, 2.75) is 51.9 Å². The molecule has 8 heteroatoms. The molecule has 8 nitrogen and oxygen atoms in total. The number of hydrogen-bond acceptors (Lipinski definition) is 6. The maximum Gasteiger partial charge on any atom is 0.328 e. The van der Waals surface area contributed by atoms with Gasteiger partial charge in [-0.1, -0.05) is 26.0 Å². The second kappa shape index (κ2) is 8.06. The van der Waals surface area contributed by atoms with Crippen molar-refractivity contribution >= 4 is 22.9 Å². The summed E-state index contributed by atoms with van der Waals surface area (Å²) < 4.78 is 6.94. The van der Waals surface area contributed by atoms with Crippen LogP contribution in [-0.4, -0.2) is 46.7 Å². The molecule has 3 rings (SSSR count). The lowest BCUT2D eigenvalue weighted by Gasteiger charge is -2.21. The van der Waals surface area contributed by atoms with Gasteiger partial charge < -0.3 is 14.6 Å². The van der Waals surface area contributed by atoms with Crippen molar-refractivity contribution in [3.63, 3.8) is 0 Å². The lowest BCUT2D eigenvalue weighted by atomic mass is 10.0. The Morgan fingerprint density at radius 1 is 1.33 bits per heavy atom. The molecule has 2 aromatic rings. The van der Waals surface area contributed by atoms with Crippen LogP contribution < -0.4 is 16.2 Å². The third-order valence-electron chi connectivity index (χ3n) is 4.97. The molecule has 1 fully saturated rings. The van der Waals surface area contributed by atoms with Crippen LogP contribution in [0, 0.1) is 12.8 Å². The Morgan fingerprint density at radius 2 is 2.07 bits per heavy atom. The van der Waals surface area contributed by atoms with Crippen LogP contribution in [0.2, 0.25) is 0 Å². The Balaban J connectivity index is 1.63. The average molecular weight is 373 g/mol. The molecule has 146 valence electrons. The summed E-state index contributed by atoms with van der Waals surface area (Å²) in [6.45, 7) is 6.43. The number of methoxy groups -OCH3 is 1. The number of hydrogen-bond donors (Lipinski definition) is 3. The van der Waals surface area contributed by atoms with Crippen LogP contribution in [-0.2, 0) is 20.9 Å². The lowest BCUT2D eigenvalue weighted by Crippen LogP contribution is -2.51. The summed E-state index contributed by atoms with van der Waals surface area (Å²) in [7, 11) is 1.33. The number of carbonyl (C=O) groups is 2. The van der Waals surface area contributed by atoms with E-state index in [1.807, 2.05) is 45.0 Å². The quantitative estimate of drug-likeness (QED) is 0.651. The van der Waals surface area contributed by atoms with E-state index in [4.69, 9.17) is 4.74 Å². The third kappa shape index (κ3) is 4.12. The van der Waals surface area contributed by atoms with E-state index in [9.17, 15) is 9.59 Å². The van der Waals surface area contributed by atoms with Gasteiger partial charge in [0.15, 0.2) is 0 Å². The Bertz CT molecular complexity index is 832. The fraction of sp³-hybridized carbons (Fsp3) is 0.526. The zero-order chi connectivity index (χ0) is 19.6. The highest BCUT2D eigenvalue weighted by atomic mass is 16.5. The van der Waals surface area contributed by atoms with Crippen LogP contribution in [0.3, 0.4) is 0 Å². The van der Waals surface area contributed by atoms with Gasteiger partial charge in [0.25, 0.3) is 0 Å². The molecular formula is C19H27N5O3. The SMILES string of the molecule is COC(=O)[C@@H](NC(=O)C1CC(Cn2c(C)nc3ccccc32)NN1)C(C)C. The first-order valence-corrected chi connectivity index (χ1v) is 9.21. The molecule has 1 aliphatic heterocycles. The van der Waals surface area contributed by atoms with Crippen LogP contribution in [0.1, 0.15) is 26.1 Å². The van der Waals surface area contributed by atoms with E-state index in [1.54, 1.807) is 0 Å². The Kier molecular flexibility index (Phi) is 5.76. The van der Waals surface area contributed by atoms with E-state index in [-0.39, 0.29) is 17.9 Å². The highest BCUT2D eigenvalue weighted by Gasteiger charge is 2.33. The summed E-state index contributed by atoms with van der Waals surface area (Å²) in [5.74, 6) is 0.255. The molecular weight excluding hydrogens is 346 g/mol. The van der Waals surface area contributed by atoms with E-state index in [2.05, 4.69) is 25.7 Å². The van der Waals surface area contributed by atoms with E-state index < -0.39 is 18.1 Å². The second-order valence-corrected chi connectivity index (χ2v) is 7.29. The van der Waals surface area contributed by atoms with Crippen LogP contribution in [0.15, 0.2) is 24.3 Å². The maximum absolute atomic E-state index is 12.6. The number of para-hydroxylation sites is 2. The Morgan fingerprint density at radius 3 is 2.78 bits per heavy atom. The maximum atomic E-state index is 12.6. The number of imidazole rings is 1. The number of aryl methyl sites for hydroxylation is 1. The smallest absolute Gasteiger partial charge is 0.328 e. The number of nitrogens with zero attached hydrogens (tertiary/aromatic N) is 2. The minimum Gasteiger partial charge on any atom is -0.467 e. The summed E-state index contributed by atoms with van der Waals surface area (Å²) in [5.41, 5.74) is 8.27. The first kappa shape index (κ1) is 19.3. The molecule has 27 heavy (non-hydrogen) atoms. The summed E-state index contributed by atoms with van der Waals surface area (Å²) in [4.78, 5) is 29.0. The van der Waals surface area contributed by atoms with Crippen molar-refractivity contribution in [3.05, 3.63) is 30.1 Å². The molecule has 0 saturated carbocycles. The zero-order valence-electron chi connectivity index (χ0n) is 16.2. The molecule has 0 bridgehead atoms. The largest absolute Gasteiger partial charge is 0.467 e. The lowest BCUT2D eigenvalue weighted by molar-refractivity contribution is -0.146. The van der Waals surface area contributed by atoms with Crippen LogP contribution >= 0.6 is 0 Å². The average Bonchev–Trinajstić information content (AvgIpc) is 3.24. The number of carbonyl (C=O) groups excluding carboxylic acids is 2. The number of ether oxygens (including phenoxy) is 1. The number of hydrazine groups is 1. The molecule has 2 unspecified atom stereocenters. The van der Waals surface area contributed by atoms with Crippen LogP contribution in [0.25, 0.3) is 11.0 Å². The molecule has 1 aromatic carbocycles. The standard InChI is InChI=1S/C19H27N5O3/c1-11(2)17(19(26)27-4)21-18(25)15-9-13(22-23-15)10-24-12(3)20-14-7-5-6-8-16(14)24/h5-8,11,13,15,17,22-23H,9-10H2,1-4H3,(H,21,25)/t13?,15?,17-/m0/s1. The first-order valence-electron chi connectivity index (χ1n) is 9.21. The monoisotopic (exact) mass is 373 g/mol. The Hall–Kier alpha value is -2.45. The van der Waals surface area contributed by atoms with Gasteiger partial charge in [0.2, 0.25) is 5.91 Å². The fourth-order valence-corrected chi connectivity index (χ4v) is 3.44. The summed E-state index contributed by atoms with van der Waals surface area (Å²) in [5, 5.41) is 2.79. The van der Waals surface area contributed by atoms with Crippen molar-refractivity contribution in [3.8, 4) is 0 Å². The topological polar surface area (TPSA) is 97.3 Å². The van der Waals surface area contributed by atoms with Crippen molar-refractivity contribution in [2.24, 2.45) is 5.92 Å². The molecule has 1 aliphatic rings. The molecule has 0 aliphatic carbocycles.